The van der Waals surface area contributed by atoms with E-state index in [4.69, 9.17) is 0 Å². The quantitative estimate of drug-likeness (QED) is 0.491. The van der Waals surface area contributed by atoms with Gasteiger partial charge in [0, 0.05) is 27.9 Å². The Bertz CT molecular complexity index is 1040. The number of nitrogens with one attached hydrogen (secondary N) is 1. The fourth-order valence-corrected chi connectivity index (χ4v) is 5.30. The van der Waals surface area contributed by atoms with E-state index in [9.17, 15) is 0 Å². The van der Waals surface area contributed by atoms with Crippen LogP contribution in [0.4, 0.5) is 5.69 Å². The Kier molecular flexibility index (Phi) is 6.24. The van der Waals surface area contributed by atoms with Crippen LogP contribution in [0.15, 0.2) is 47.1 Å². The van der Waals surface area contributed by atoms with Crippen molar-refractivity contribution in [3.8, 4) is 0 Å². The molecule has 0 atom stereocenters. The molecule has 0 saturated heterocycles. The largest absolute Gasteiger partial charge is 0.388 e. The topological polar surface area (TPSA) is 12.0 Å². The van der Waals surface area contributed by atoms with Crippen LogP contribution in [0, 0.1) is 5.41 Å². The minimum atomic E-state index is 0.0639. The molecular formula is C27H35NS. The number of thiophene rings is 1. The van der Waals surface area contributed by atoms with Gasteiger partial charge in [0.2, 0.25) is 0 Å². The highest BCUT2D eigenvalue weighted by Crippen LogP contribution is 2.44. The lowest BCUT2D eigenvalue weighted by molar-refractivity contribution is 0.566. The fraction of sp³-hybridized carbons (Fsp3) is 0.407. The van der Waals surface area contributed by atoms with Gasteiger partial charge in [0.05, 0.1) is 0 Å². The molecule has 1 aliphatic rings. The summed E-state index contributed by atoms with van der Waals surface area (Å²) in [5, 5.41) is 4.89. The highest BCUT2D eigenvalue weighted by Gasteiger charge is 2.23. The van der Waals surface area contributed by atoms with Gasteiger partial charge >= 0.3 is 0 Å². The van der Waals surface area contributed by atoms with Crippen LogP contribution in [0.5, 0.6) is 0 Å². The van der Waals surface area contributed by atoms with Crippen molar-refractivity contribution in [2.45, 2.75) is 61.3 Å². The van der Waals surface area contributed by atoms with Gasteiger partial charge in [-0.25, -0.2) is 0 Å². The number of rotatable bonds is 5. The molecule has 1 aromatic carbocycles. The van der Waals surface area contributed by atoms with Gasteiger partial charge in [0.25, 0.3) is 0 Å². The van der Waals surface area contributed by atoms with E-state index < -0.39 is 0 Å². The Morgan fingerprint density at radius 1 is 1.17 bits per heavy atom. The van der Waals surface area contributed by atoms with Crippen LogP contribution < -0.4 is 5.32 Å². The Labute approximate surface area is 180 Å². The van der Waals surface area contributed by atoms with Crippen LogP contribution in [-0.4, -0.2) is 7.05 Å². The normalized spacial score (nSPS) is 14.5. The molecule has 2 heteroatoms. The number of allylic oxidation sites excluding steroid dienone is 7. The summed E-state index contributed by atoms with van der Waals surface area (Å²) in [6.07, 6.45) is 11.3. The maximum atomic E-state index is 3.47. The molecule has 0 aliphatic heterocycles. The van der Waals surface area contributed by atoms with E-state index in [1.165, 1.54) is 54.1 Å². The zero-order valence-corrected chi connectivity index (χ0v) is 20.1. The summed E-state index contributed by atoms with van der Waals surface area (Å²) in [7, 11) is 2.04. The molecule has 154 valence electrons. The fourth-order valence-electron chi connectivity index (χ4n) is 4.11. The van der Waals surface area contributed by atoms with E-state index in [0.29, 0.717) is 0 Å². The van der Waals surface area contributed by atoms with Crippen molar-refractivity contribution < 1.29 is 0 Å². The summed E-state index contributed by atoms with van der Waals surface area (Å²) in [4.78, 5) is 1.43. The summed E-state index contributed by atoms with van der Waals surface area (Å²) in [6, 6.07) is 4.78. The second-order valence-corrected chi connectivity index (χ2v) is 10.3. The molecule has 0 bridgehead atoms. The molecule has 0 amide bonds. The first-order valence-electron chi connectivity index (χ1n) is 10.6. The van der Waals surface area contributed by atoms with Crippen molar-refractivity contribution in [2.24, 2.45) is 5.41 Å². The standard InChI is InChI=1S/C27H35NS/c1-9-19(18(4)17(2)3)13-14-23(27(5,6)7)22-15-21-20-11-10-12-25(20)29-26(21)16-24(22)28-8/h9-10,12,14-16,28H,11,13H2,1-8H3/b19-9-,23-14+. The van der Waals surface area contributed by atoms with Gasteiger partial charge in [-0.15, -0.1) is 11.3 Å². The van der Waals surface area contributed by atoms with Gasteiger partial charge in [0.15, 0.2) is 0 Å². The van der Waals surface area contributed by atoms with Gasteiger partial charge in [-0.3, -0.25) is 0 Å². The van der Waals surface area contributed by atoms with Crippen LogP contribution in [0.2, 0.25) is 0 Å². The minimum Gasteiger partial charge on any atom is -0.388 e. The van der Waals surface area contributed by atoms with Crippen LogP contribution in [0.3, 0.4) is 0 Å². The molecule has 0 fully saturated rings. The zero-order valence-electron chi connectivity index (χ0n) is 19.3. The summed E-state index contributed by atoms with van der Waals surface area (Å²) < 4.78 is 1.38. The van der Waals surface area contributed by atoms with Crippen LogP contribution in [0.1, 0.15) is 70.9 Å². The van der Waals surface area contributed by atoms with E-state index in [0.717, 1.165) is 12.8 Å². The van der Waals surface area contributed by atoms with Gasteiger partial charge in [-0.2, -0.15) is 0 Å². The summed E-state index contributed by atoms with van der Waals surface area (Å²) >= 11 is 1.91. The van der Waals surface area contributed by atoms with Crippen molar-refractivity contribution in [2.75, 3.05) is 12.4 Å². The molecule has 3 rings (SSSR count). The molecule has 2 aromatic rings. The third kappa shape index (κ3) is 4.28. The van der Waals surface area contributed by atoms with Crippen molar-refractivity contribution in [1.82, 2.24) is 0 Å². The molecule has 0 unspecified atom stereocenters. The van der Waals surface area contributed by atoms with Crippen molar-refractivity contribution in [3.05, 3.63) is 63.1 Å². The van der Waals surface area contributed by atoms with Gasteiger partial charge < -0.3 is 5.32 Å². The van der Waals surface area contributed by atoms with Gasteiger partial charge in [-0.1, -0.05) is 44.6 Å². The number of benzene rings is 1. The lowest BCUT2D eigenvalue weighted by atomic mass is 9.79. The smallest absolute Gasteiger partial charge is 0.0428 e. The molecule has 0 radical (unpaired) electrons. The summed E-state index contributed by atoms with van der Waals surface area (Å²) in [5.74, 6) is 0. The van der Waals surface area contributed by atoms with Crippen LogP contribution >= 0.6 is 11.3 Å². The molecule has 1 N–H and O–H groups in total. The second-order valence-electron chi connectivity index (χ2n) is 9.21. The monoisotopic (exact) mass is 405 g/mol. The number of hydrogen-bond acceptors (Lipinski definition) is 2. The van der Waals surface area contributed by atoms with E-state index in [2.05, 4.69) is 90.2 Å². The van der Waals surface area contributed by atoms with E-state index in [-0.39, 0.29) is 5.41 Å². The van der Waals surface area contributed by atoms with Crippen LogP contribution in [-0.2, 0) is 6.42 Å². The zero-order chi connectivity index (χ0) is 21.3. The Morgan fingerprint density at radius 2 is 1.90 bits per heavy atom. The molecule has 0 saturated carbocycles. The average molecular weight is 406 g/mol. The minimum absolute atomic E-state index is 0.0639. The maximum Gasteiger partial charge on any atom is 0.0428 e. The molecule has 29 heavy (non-hydrogen) atoms. The SMILES string of the molecule is C/C=C(/C/C=C(\c1cc2c3c(sc2cc1NC)C=CC3)C(C)(C)C)C(C)=C(C)C. The van der Waals surface area contributed by atoms with E-state index in [1.807, 2.05) is 18.4 Å². The molecule has 1 heterocycles. The van der Waals surface area contributed by atoms with E-state index in [1.54, 1.807) is 0 Å². The maximum absolute atomic E-state index is 3.47. The summed E-state index contributed by atoms with van der Waals surface area (Å²) in [6.45, 7) is 15.8. The lowest BCUT2D eigenvalue weighted by Crippen LogP contribution is -2.10. The third-order valence-corrected chi connectivity index (χ3v) is 7.19. The van der Waals surface area contributed by atoms with Crippen LogP contribution in [0.25, 0.3) is 21.7 Å². The van der Waals surface area contributed by atoms with Crippen molar-refractivity contribution in [3.63, 3.8) is 0 Å². The lowest BCUT2D eigenvalue weighted by Gasteiger charge is -2.26. The predicted molar refractivity (Wildman–Crippen MR) is 134 cm³/mol. The van der Waals surface area contributed by atoms with Gasteiger partial charge in [-0.05, 0) is 91.8 Å². The number of anilines is 1. The predicted octanol–water partition coefficient (Wildman–Crippen LogP) is 8.63. The highest BCUT2D eigenvalue weighted by molar-refractivity contribution is 7.20. The summed E-state index contributed by atoms with van der Waals surface area (Å²) in [5.41, 5.74) is 9.75. The Hall–Kier alpha value is -2.06. The first-order valence-corrected chi connectivity index (χ1v) is 11.4. The second kappa shape index (κ2) is 8.36. The molecular weight excluding hydrogens is 370 g/mol. The molecule has 1 nitrogen and oxygen atoms in total. The number of fused-ring (bicyclic) bond motifs is 3. The first-order chi connectivity index (χ1) is 13.7. The molecule has 1 aliphatic carbocycles. The van der Waals surface area contributed by atoms with Crippen molar-refractivity contribution >= 4 is 38.8 Å². The molecule has 1 aromatic heterocycles. The molecule has 0 spiro atoms. The van der Waals surface area contributed by atoms with Crippen molar-refractivity contribution in [1.29, 1.82) is 0 Å². The van der Waals surface area contributed by atoms with E-state index >= 15 is 0 Å². The van der Waals surface area contributed by atoms with Gasteiger partial charge in [0.1, 0.15) is 0 Å². The third-order valence-electron chi connectivity index (χ3n) is 6.03. The first kappa shape index (κ1) is 21.6. The average Bonchev–Trinajstić information content (AvgIpc) is 3.23. The number of hydrogen-bond donors (Lipinski definition) is 1. The Morgan fingerprint density at radius 3 is 2.48 bits per heavy atom. The highest BCUT2D eigenvalue weighted by atomic mass is 32.1. The Balaban J connectivity index is 2.14.